The van der Waals surface area contributed by atoms with E-state index in [9.17, 15) is 13.2 Å². The fourth-order valence-corrected chi connectivity index (χ4v) is 5.38. The molecule has 1 fully saturated rings. The number of nitrogens with one attached hydrogen (secondary N) is 1. The molecule has 2 aromatic rings. The van der Waals surface area contributed by atoms with Crippen molar-refractivity contribution in [2.75, 3.05) is 24.6 Å². The number of hydrogen-bond acceptors (Lipinski definition) is 7. The second-order valence-electron chi connectivity index (χ2n) is 6.30. The van der Waals surface area contributed by atoms with Crippen molar-refractivity contribution in [3.63, 3.8) is 0 Å². The van der Waals surface area contributed by atoms with Crippen LogP contribution in [-0.2, 0) is 14.8 Å². The maximum atomic E-state index is 12.8. The molecule has 1 saturated heterocycles. The summed E-state index contributed by atoms with van der Waals surface area (Å²) in [7, 11) is -3.73. The van der Waals surface area contributed by atoms with Crippen molar-refractivity contribution in [2.24, 2.45) is 0 Å². The number of halogens is 1. The second kappa shape index (κ2) is 8.97. The Balaban J connectivity index is 1.65. The summed E-state index contributed by atoms with van der Waals surface area (Å²) in [5.41, 5.74) is 0.295. The van der Waals surface area contributed by atoms with Gasteiger partial charge in [-0.25, -0.2) is 27.9 Å². The molecule has 0 bridgehead atoms. The van der Waals surface area contributed by atoms with Crippen LogP contribution in [0.3, 0.4) is 0 Å². The Labute approximate surface area is 172 Å². The van der Waals surface area contributed by atoms with Gasteiger partial charge in [0.05, 0.1) is 17.1 Å². The van der Waals surface area contributed by atoms with Crippen LogP contribution in [0, 0.1) is 0 Å². The Morgan fingerprint density at radius 1 is 1.29 bits per heavy atom. The first kappa shape index (κ1) is 20.7. The lowest BCUT2D eigenvalue weighted by molar-refractivity contribution is 0.0526. The van der Waals surface area contributed by atoms with E-state index in [1.807, 2.05) is 4.90 Å². The largest absolute Gasteiger partial charge is 0.462 e. The number of anilines is 1. The van der Waals surface area contributed by atoms with Gasteiger partial charge in [0.2, 0.25) is 16.0 Å². The molecule has 1 aliphatic rings. The van der Waals surface area contributed by atoms with E-state index in [2.05, 4.69) is 30.6 Å². The van der Waals surface area contributed by atoms with E-state index in [0.29, 0.717) is 41.9 Å². The first-order valence-electron chi connectivity index (χ1n) is 8.91. The molecule has 150 valence electrons. The highest BCUT2D eigenvalue weighted by Crippen LogP contribution is 2.25. The van der Waals surface area contributed by atoms with Gasteiger partial charge in [-0.3, -0.25) is 0 Å². The van der Waals surface area contributed by atoms with Gasteiger partial charge >= 0.3 is 5.97 Å². The standard InChI is InChI=1S/C18H21BrN4O4S/c1-2-27-17(24)13-4-5-16(15(19)12-13)28(25,26)22-14-6-10-23(11-7-14)18-20-8-3-9-21-18/h3-5,8-9,12,14,22H,2,6-7,10-11H2,1H3. The van der Waals surface area contributed by atoms with Crippen molar-refractivity contribution in [2.45, 2.75) is 30.7 Å². The molecular formula is C18H21BrN4O4S. The van der Waals surface area contributed by atoms with Gasteiger partial charge in [-0.1, -0.05) is 0 Å². The first-order valence-corrected chi connectivity index (χ1v) is 11.2. The Kier molecular flexibility index (Phi) is 6.63. The van der Waals surface area contributed by atoms with Crippen molar-refractivity contribution < 1.29 is 17.9 Å². The van der Waals surface area contributed by atoms with Gasteiger partial charge < -0.3 is 9.64 Å². The third-order valence-corrected chi connectivity index (χ3v) is 6.88. The van der Waals surface area contributed by atoms with Crippen LogP contribution in [0.1, 0.15) is 30.1 Å². The van der Waals surface area contributed by atoms with Crippen LogP contribution >= 0.6 is 15.9 Å². The summed E-state index contributed by atoms with van der Waals surface area (Å²) >= 11 is 3.26. The van der Waals surface area contributed by atoms with Crippen molar-refractivity contribution >= 4 is 37.9 Å². The Morgan fingerprint density at radius 3 is 2.57 bits per heavy atom. The molecule has 0 spiro atoms. The topological polar surface area (TPSA) is 101 Å². The SMILES string of the molecule is CCOC(=O)c1ccc(S(=O)(=O)NC2CCN(c3ncccn3)CC2)c(Br)c1. The quantitative estimate of drug-likeness (QED) is 0.649. The maximum Gasteiger partial charge on any atom is 0.338 e. The van der Waals surface area contributed by atoms with Crippen LogP contribution in [0.2, 0.25) is 0 Å². The minimum atomic E-state index is -3.73. The molecule has 0 aliphatic carbocycles. The lowest BCUT2D eigenvalue weighted by atomic mass is 10.1. The van der Waals surface area contributed by atoms with Gasteiger partial charge in [0, 0.05) is 36.0 Å². The molecule has 2 heterocycles. The summed E-state index contributed by atoms with van der Waals surface area (Å²) in [5, 5.41) is 0. The summed E-state index contributed by atoms with van der Waals surface area (Å²) in [5.74, 6) is 0.164. The highest BCUT2D eigenvalue weighted by atomic mass is 79.9. The summed E-state index contributed by atoms with van der Waals surface area (Å²) in [6, 6.07) is 5.90. The molecule has 1 aromatic heterocycles. The van der Waals surface area contributed by atoms with E-state index in [1.165, 1.54) is 18.2 Å². The Hall–Kier alpha value is -2.04. The molecule has 10 heteroatoms. The number of sulfonamides is 1. The fourth-order valence-electron chi connectivity index (χ4n) is 2.99. The number of carbonyl (C=O) groups is 1. The zero-order valence-corrected chi connectivity index (χ0v) is 17.7. The van der Waals surface area contributed by atoms with E-state index >= 15 is 0 Å². The van der Waals surface area contributed by atoms with E-state index in [4.69, 9.17) is 4.74 Å². The molecule has 1 aromatic carbocycles. The van der Waals surface area contributed by atoms with Crippen molar-refractivity contribution in [3.05, 3.63) is 46.7 Å². The van der Waals surface area contributed by atoms with E-state index < -0.39 is 16.0 Å². The van der Waals surface area contributed by atoms with Gasteiger partial charge in [0.15, 0.2) is 0 Å². The van der Waals surface area contributed by atoms with Gasteiger partial charge in [0.25, 0.3) is 0 Å². The molecule has 8 nitrogen and oxygen atoms in total. The zero-order valence-electron chi connectivity index (χ0n) is 15.3. The number of piperidine rings is 1. The molecular weight excluding hydrogens is 448 g/mol. The van der Waals surface area contributed by atoms with Crippen LogP contribution < -0.4 is 9.62 Å². The predicted molar refractivity (Wildman–Crippen MR) is 108 cm³/mol. The summed E-state index contributed by atoms with van der Waals surface area (Å²) in [4.78, 5) is 22.4. The molecule has 1 aliphatic heterocycles. The zero-order chi connectivity index (χ0) is 20.1. The molecule has 3 rings (SSSR count). The number of nitrogens with zero attached hydrogens (tertiary/aromatic N) is 3. The Morgan fingerprint density at radius 2 is 1.96 bits per heavy atom. The van der Waals surface area contributed by atoms with Crippen LogP contribution in [-0.4, -0.2) is 50.1 Å². The second-order valence-corrected chi connectivity index (χ2v) is 8.83. The van der Waals surface area contributed by atoms with Gasteiger partial charge in [0.1, 0.15) is 0 Å². The average molecular weight is 469 g/mol. The number of hydrogen-bond donors (Lipinski definition) is 1. The summed E-state index contributed by atoms with van der Waals surface area (Å²) < 4.78 is 33.6. The number of aromatic nitrogens is 2. The smallest absolute Gasteiger partial charge is 0.338 e. The number of rotatable bonds is 6. The minimum Gasteiger partial charge on any atom is -0.462 e. The fraction of sp³-hybridized carbons (Fsp3) is 0.389. The Bertz CT molecular complexity index is 932. The predicted octanol–water partition coefficient (Wildman–Crippen LogP) is 2.36. The van der Waals surface area contributed by atoms with Crippen LogP contribution in [0.25, 0.3) is 0 Å². The monoisotopic (exact) mass is 468 g/mol. The number of esters is 1. The van der Waals surface area contributed by atoms with E-state index in [-0.39, 0.29) is 17.5 Å². The number of ether oxygens (including phenoxy) is 1. The van der Waals surface area contributed by atoms with Crippen LogP contribution in [0.15, 0.2) is 46.0 Å². The molecule has 0 atom stereocenters. The molecule has 0 amide bonds. The highest BCUT2D eigenvalue weighted by Gasteiger charge is 2.27. The maximum absolute atomic E-state index is 12.8. The lowest BCUT2D eigenvalue weighted by Crippen LogP contribution is -2.45. The van der Waals surface area contributed by atoms with Gasteiger partial charge in [-0.15, -0.1) is 0 Å². The third-order valence-electron chi connectivity index (χ3n) is 4.38. The average Bonchev–Trinajstić information content (AvgIpc) is 2.69. The minimum absolute atomic E-state index is 0.0920. The van der Waals surface area contributed by atoms with Crippen molar-refractivity contribution in [1.82, 2.24) is 14.7 Å². The number of benzene rings is 1. The molecule has 0 saturated carbocycles. The third kappa shape index (κ3) is 4.86. The highest BCUT2D eigenvalue weighted by molar-refractivity contribution is 9.10. The van der Waals surface area contributed by atoms with Crippen molar-refractivity contribution in [1.29, 1.82) is 0 Å². The van der Waals surface area contributed by atoms with E-state index in [1.54, 1.807) is 25.4 Å². The first-order chi connectivity index (χ1) is 13.4. The molecule has 28 heavy (non-hydrogen) atoms. The normalized spacial score (nSPS) is 15.4. The molecule has 0 unspecified atom stereocenters. The number of carbonyl (C=O) groups excluding carboxylic acids is 1. The van der Waals surface area contributed by atoms with Gasteiger partial charge in [-0.2, -0.15) is 0 Å². The van der Waals surface area contributed by atoms with Crippen molar-refractivity contribution in [3.8, 4) is 0 Å². The molecule has 1 N–H and O–H groups in total. The summed E-state index contributed by atoms with van der Waals surface area (Å²) in [6.07, 6.45) is 4.68. The lowest BCUT2D eigenvalue weighted by Gasteiger charge is -2.32. The molecule has 0 radical (unpaired) electrons. The summed E-state index contributed by atoms with van der Waals surface area (Å²) in [6.45, 7) is 3.30. The van der Waals surface area contributed by atoms with E-state index in [0.717, 1.165) is 0 Å². The van der Waals surface area contributed by atoms with Crippen LogP contribution in [0.4, 0.5) is 5.95 Å². The van der Waals surface area contributed by atoms with Crippen LogP contribution in [0.5, 0.6) is 0 Å². The van der Waals surface area contributed by atoms with Gasteiger partial charge in [-0.05, 0) is 60.0 Å².